The molecule has 0 fully saturated rings. The number of H-pyrrole nitrogens is 1. The molecule has 0 aliphatic rings. The highest BCUT2D eigenvalue weighted by molar-refractivity contribution is 7.18. The lowest BCUT2D eigenvalue weighted by molar-refractivity contribution is 0.0721. The van der Waals surface area contributed by atoms with Crippen molar-refractivity contribution in [3.05, 3.63) is 130 Å². The molecular formula is C52H56F2N4O9S2Si. The second-order valence-electron chi connectivity index (χ2n) is 17.6. The van der Waals surface area contributed by atoms with Crippen molar-refractivity contribution in [2.75, 3.05) is 35.0 Å². The molecule has 0 saturated carbocycles. The van der Waals surface area contributed by atoms with Crippen molar-refractivity contribution in [1.29, 1.82) is 0 Å². The molecule has 8 rings (SSSR count). The van der Waals surface area contributed by atoms with Crippen molar-refractivity contribution in [3.8, 4) is 45.5 Å². The van der Waals surface area contributed by atoms with Gasteiger partial charge in [-0.1, -0.05) is 43.9 Å². The number of ketones is 2. The maximum Gasteiger partial charge on any atom is 0.163 e. The summed E-state index contributed by atoms with van der Waals surface area (Å²) in [6, 6.07) is 20.9. The first-order valence-electron chi connectivity index (χ1n) is 22.5. The standard InChI is InChI=1S/C29H35FN2O5SSi.C23H21FN2O4S/c1-35-26-12-9-19(15-27(26)36-2)24(33)10-11-25(34)29-31-23(16-32(29)18-37-13-14-39(3,4)5)21-17-38-28-20(21)7-6-8-22(28)30;1-29-20-9-6-13(10-21(20)30-2)18(27)7-8-19(28)23-25-11-17(26-23)15-12-31-22-14(15)4-3-5-16(22)24/h6-9,12,15-17,25,34H,10-11,13-14,18H2,1-5H3;3-6,9-12,19,28H,7-8H2,1-2H3,(H,25,26). The number of Topliss-reactive ketones (excluding diaryl/α,β-unsaturated/α-hetero) is 2. The van der Waals surface area contributed by atoms with Crippen LogP contribution in [0.4, 0.5) is 8.78 Å². The third-order valence-electron chi connectivity index (χ3n) is 11.6. The van der Waals surface area contributed by atoms with Gasteiger partial charge in [0.05, 0.1) is 55.4 Å². The minimum absolute atomic E-state index is 0.113. The van der Waals surface area contributed by atoms with Crippen molar-refractivity contribution in [1.82, 2.24) is 19.5 Å². The van der Waals surface area contributed by atoms with Gasteiger partial charge in [-0.3, -0.25) is 9.59 Å². The fourth-order valence-electron chi connectivity index (χ4n) is 7.67. The van der Waals surface area contributed by atoms with E-state index in [9.17, 15) is 28.6 Å². The van der Waals surface area contributed by atoms with E-state index in [-0.39, 0.29) is 55.6 Å². The van der Waals surface area contributed by atoms with E-state index < -0.39 is 20.3 Å². The van der Waals surface area contributed by atoms with E-state index in [1.807, 2.05) is 29.1 Å². The number of imidazole rings is 2. The zero-order valence-electron chi connectivity index (χ0n) is 40.0. The molecule has 70 heavy (non-hydrogen) atoms. The summed E-state index contributed by atoms with van der Waals surface area (Å²) in [4.78, 5) is 37.6. The number of methoxy groups -OCH3 is 4. The van der Waals surface area contributed by atoms with Crippen LogP contribution in [0.25, 0.3) is 42.7 Å². The van der Waals surface area contributed by atoms with Crippen LogP contribution in [0.1, 0.15) is 70.3 Å². The normalized spacial score (nSPS) is 12.4. The molecule has 0 radical (unpaired) electrons. The predicted octanol–water partition coefficient (Wildman–Crippen LogP) is 12.1. The number of carbonyl (C=O) groups excluding carboxylic acids is 2. The predicted molar refractivity (Wildman–Crippen MR) is 273 cm³/mol. The van der Waals surface area contributed by atoms with Gasteiger partial charge in [-0.05, 0) is 67.4 Å². The van der Waals surface area contributed by atoms with Crippen LogP contribution in [-0.2, 0) is 11.5 Å². The monoisotopic (exact) mass is 1010 g/mol. The third-order valence-corrected chi connectivity index (χ3v) is 15.3. The Balaban J connectivity index is 0.000000212. The van der Waals surface area contributed by atoms with Gasteiger partial charge in [0.25, 0.3) is 0 Å². The summed E-state index contributed by atoms with van der Waals surface area (Å²) in [5, 5.41) is 27.0. The number of benzene rings is 4. The number of nitrogens with zero attached hydrogens (tertiary/aromatic N) is 3. The van der Waals surface area contributed by atoms with E-state index in [0.29, 0.717) is 73.2 Å². The number of carbonyl (C=O) groups is 2. The molecular weight excluding hydrogens is 955 g/mol. The number of ether oxygens (including phenoxy) is 5. The number of fused-ring (bicyclic) bond motifs is 2. The summed E-state index contributed by atoms with van der Waals surface area (Å²) in [5.41, 5.74) is 3.90. The highest BCUT2D eigenvalue weighted by Gasteiger charge is 2.23. The van der Waals surface area contributed by atoms with Crippen LogP contribution in [0.2, 0.25) is 25.7 Å². The molecule has 0 spiro atoms. The molecule has 2 atom stereocenters. The molecule has 18 heteroatoms. The maximum absolute atomic E-state index is 14.3. The Bertz CT molecular complexity index is 3090. The van der Waals surface area contributed by atoms with Gasteiger partial charge in [-0.25, -0.2) is 18.7 Å². The summed E-state index contributed by atoms with van der Waals surface area (Å²) >= 11 is 2.64. The highest BCUT2D eigenvalue weighted by atomic mass is 32.1. The Kier molecular flexibility index (Phi) is 17.0. The number of nitrogens with one attached hydrogen (secondary N) is 1. The van der Waals surface area contributed by atoms with E-state index >= 15 is 0 Å². The molecule has 13 nitrogen and oxygen atoms in total. The quantitative estimate of drug-likeness (QED) is 0.0356. The lowest BCUT2D eigenvalue weighted by Gasteiger charge is -2.17. The highest BCUT2D eigenvalue weighted by Crippen LogP contribution is 2.38. The zero-order chi connectivity index (χ0) is 50.1. The van der Waals surface area contributed by atoms with Crippen LogP contribution in [0.3, 0.4) is 0 Å². The fourth-order valence-corrected chi connectivity index (χ4v) is 10.4. The first kappa shape index (κ1) is 51.6. The number of aromatic amines is 1. The molecule has 4 aromatic carbocycles. The van der Waals surface area contributed by atoms with Crippen LogP contribution in [0.15, 0.2) is 96.0 Å². The van der Waals surface area contributed by atoms with Crippen molar-refractivity contribution < 1.29 is 52.3 Å². The largest absolute Gasteiger partial charge is 0.493 e. The van der Waals surface area contributed by atoms with Crippen molar-refractivity contribution in [3.63, 3.8) is 0 Å². The van der Waals surface area contributed by atoms with Crippen LogP contribution >= 0.6 is 22.7 Å². The van der Waals surface area contributed by atoms with Gasteiger partial charge in [-0.2, -0.15) is 0 Å². The average Bonchev–Trinajstić information content (AvgIpc) is 4.20. The van der Waals surface area contributed by atoms with E-state index in [4.69, 9.17) is 28.7 Å². The number of aliphatic hydroxyl groups is 2. The van der Waals surface area contributed by atoms with Gasteiger partial charge in [0.1, 0.15) is 42.2 Å². The number of aliphatic hydroxyl groups excluding tert-OH is 2. The second-order valence-corrected chi connectivity index (χ2v) is 25.0. The maximum atomic E-state index is 14.3. The SMILES string of the molecule is COc1ccc(C(=O)CCC(O)c2nc(-c3csc4c(F)cccc34)cn2COCC[Si](C)(C)C)cc1OC.COc1ccc(C(=O)CCC(O)c2ncc(-c3csc4c(F)cccc34)[nH]2)cc1OC. The lowest BCUT2D eigenvalue weighted by Crippen LogP contribution is -2.22. The van der Waals surface area contributed by atoms with Gasteiger partial charge in [-0.15, -0.1) is 22.7 Å². The van der Waals surface area contributed by atoms with E-state index in [1.165, 1.54) is 63.2 Å². The number of rotatable bonds is 21. The number of aromatic nitrogens is 4. The smallest absolute Gasteiger partial charge is 0.163 e. The molecule has 2 unspecified atom stereocenters. The Labute approximate surface area is 413 Å². The molecule has 3 N–H and O–H groups in total. The number of hydrogen-bond donors (Lipinski definition) is 3. The van der Waals surface area contributed by atoms with Crippen LogP contribution in [0, 0.1) is 11.6 Å². The molecule has 0 saturated heterocycles. The Morgan fingerprint density at radius 1 is 0.729 bits per heavy atom. The molecule has 368 valence electrons. The van der Waals surface area contributed by atoms with Crippen molar-refractivity contribution >= 4 is 62.5 Å². The Morgan fingerprint density at radius 3 is 1.80 bits per heavy atom. The van der Waals surface area contributed by atoms with Crippen LogP contribution in [-0.4, -0.2) is 84.4 Å². The summed E-state index contributed by atoms with van der Waals surface area (Å²) in [6.07, 6.45) is 2.15. The van der Waals surface area contributed by atoms with E-state index in [1.54, 1.807) is 59.3 Å². The van der Waals surface area contributed by atoms with E-state index in [0.717, 1.165) is 27.9 Å². The zero-order valence-corrected chi connectivity index (χ0v) is 42.6. The topological polar surface area (TPSA) is 167 Å². The number of halogens is 2. The minimum Gasteiger partial charge on any atom is -0.493 e. The summed E-state index contributed by atoms with van der Waals surface area (Å²) < 4.78 is 58.1. The summed E-state index contributed by atoms with van der Waals surface area (Å²) in [6.45, 7) is 7.71. The van der Waals surface area contributed by atoms with Crippen molar-refractivity contribution in [2.24, 2.45) is 0 Å². The van der Waals surface area contributed by atoms with Gasteiger partial charge in [0.2, 0.25) is 0 Å². The molecule has 0 aliphatic carbocycles. The Hall–Kier alpha value is -6.28. The fraction of sp³-hybridized carbons (Fsp3) is 0.308. The summed E-state index contributed by atoms with van der Waals surface area (Å²) in [5.74, 6) is 2.03. The summed E-state index contributed by atoms with van der Waals surface area (Å²) in [7, 11) is 4.83. The first-order chi connectivity index (χ1) is 33.6. The van der Waals surface area contributed by atoms with Gasteiger partial charge >= 0.3 is 0 Å². The molecule has 4 aromatic heterocycles. The van der Waals surface area contributed by atoms with Crippen LogP contribution < -0.4 is 18.9 Å². The average molecular weight is 1010 g/mol. The van der Waals surface area contributed by atoms with Gasteiger partial charge in [0.15, 0.2) is 34.6 Å². The number of hydrogen-bond acceptors (Lipinski definition) is 13. The Morgan fingerprint density at radius 2 is 1.26 bits per heavy atom. The van der Waals surface area contributed by atoms with Gasteiger partial charge < -0.3 is 43.4 Å². The molecule has 8 aromatic rings. The number of thiophene rings is 2. The van der Waals surface area contributed by atoms with E-state index in [2.05, 4.69) is 29.6 Å². The molecule has 0 bridgehead atoms. The van der Waals surface area contributed by atoms with Gasteiger partial charge in [0, 0.05) is 77.5 Å². The first-order valence-corrected chi connectivity index (χ1v) is 28.0. The van der Waals surface area contributed by atoms with Crippen LogP contribution in [0.5, 0.6) is 23.0 Å². The molecule has 0 aliphatic heterocycles. The lowest BCUT2D eigenvalue weighted by atomic mass is 10.0. The molecule has 0 amide bonds. The second kappa shape index (κ2) is 23.1. The minimum atomic E-state index is -1.26. The van der Waals surface area contributed by atoms with Crippen molar-refractivity contribution in [2.45, 2.75) is 70.3 Å². The molecule has 4 heterocycles. The third kappa shape index (κ3) is 12.2.